The zero-order chi connectivity index (χ0) is 23.7. The van der Waals surface area contributed by atoms with Crippen molar-refractivity contribution in [2.75, 3.05) is 17.7 Å². The maximum atomic E-state index is 12.9. The van der Waals surface area contributed by atoms with Gasteiger partial charge in [0.1, 0.15) is 5.69 Å². The summed E-state index contributed by atoms with van der Waals surface area (Å²) in [7, 11) is -2.83. The molecule has 0 radical (unpaired) electrons. The van der Waals surface area contributed by atoms with Crippen LogP contribution in [0.15, 0.2) is 35.5 Å². The summed E-state index contributed by atoms with van der Waals surface area (Å²) < 4.78 is 63.7. The molecule has 0 bridgehead atoms. The second-order valence-corrected chi connectivity index (χ2v) is 9.47. The van der Waals surface area contributed by atoms with Crippen molar-refractivity contribution in [3.63, 3.8) is 0 Å². The molecule has 0 spiro atoms. The van der Waals surface area contributed by atoms with Crippen molar-refractivity contribution in [3.8, 4) is 17.3 Å². The number of carbonyl (C=O) groups excluding carboxylic acids is 1. The smallest absolute Gasteiger partial charge is 0.284 e. The number of halogens is 3. The number of sulfone groups is 1. The Morgan fingerprint density at radius 1 is 1.25 bits per heavy atom. The first kappa shape index (κ1) is 23.2. The Bertz CT molecular complexity index is 1330. The summed E-state index contributed by atoms with van der Waals surface area (Å²) in [6.45, 7) is 1.37. The van der Waals surface area contributed by atoms with Crippen molar-refractivity contribution in [1.82, 2.24) is 20.2 Å². The Hall–Kier alpha value is -3.44. The normalized spacial score (nSPS) is 11.8. The van der Waals surface area contributed by atoms with Crippen LogP contribution in [0.4, 0.5) is 18.3 Å². The van der Waals surface area contributed by atoms with Crippen LogP contribution in [0.2, 0.25) is 0 Å². The standard InChI is InChI=1S/C18H13F3N6O3S2/c1-3-32(29,30)13-7-11(12-6-10(8-22)4-5-23-12)9-24-14(13)15(28)27(2)17-26-25-16(31-17)18(19,20)21/h4-7,9H,3H2,1-2H3. The molecule has 0 aliphatic carbocycles. The van der Waals surface area contributed by atoms with Gasteiger partial charge in [-0.1, -0.05) is 18.3 Å². The Labute approximate surface area is 184 Å². The first-order valence-corrected chi connectivity index (χ1v) is 11.2. The molecule has 3 aromatic heterocycles. The van der Waals surface area contributed by atoms with E-state index in [2.05, 4.69) is 20.2 Å². The van der Waals surface area contributed by atoms with E-state index >= 15 is 0 Å². The molecule has 0 fully saturated rings. The predicted molar refractivity (Wildman–Crippen MR) is 108 cm³/mol. The minimum absolute atomic E-state index is 0.134. The molecule has 0 aliphatic heterocycles. The first-order chi connectivity index (χ1) is 15.0. The van der Waals surface area contributed by atoms with Crippen LogP contribution in [0.3, 0.4) is 0 Å². The van der Waals surface area contributed by atoms with E-state index < -0.39 is 37.5 Å². The average Bonchev–Trinajstić information content (AvgIpc) is 3.28. The van der Waals surface area contributed by atoms with E-state index in [4.69, 9.17) is 5.26 Å². The molecule has 14 heteroatoms. The molecule has 0 saturated heterocycles. The number of pyridine rings is 2. The third kappa shape index (κ3) is 4.58. The second kappa shape index (κ2) is 8.60. The number of aromatic nitrogens is 4. The van der Waals surface area contributed by atoms with Gasteiger partial charge in [0.05, 0.1) is 28.0 Å². The highest BCUT2D eigenvalue weighted by atomic mass is 32.2. The van der Waals surface area contributed by atoms with E-state index in [-0.39, 0.29) is 39.0 Å². The monoisotopic (exact) mass is 482 g/mol. The maximum absolute atomic E-state index is 12.9. The number of alkyl halides is 3. The van der Waals surface area contributed by atoms with Crippen LogP contribution in [0.25, 0.3) is 11.3 Å². The van der Waals surface area contributed by atoms with Crippen LogP contribution in [0, 0.1) is 11.3 Å². The fourth-order valence-corrected chi connectivity index (χ4v) is 4.23. The molecular formula is C18H13F3N6O3S2. The lowest BCUT2D eigenvalue weighted by atomic mass is 10.1. The number of hydrogen-bond acceptors (Lipinski definition) is 9. The van der Waals surface area contributed by atoms with E-state index in [1.54, 1.807) is 0 Å². The number of anilines is 1. The fourth-order valence-electron chi connectivity index (χ4n) is 2.51. The van der Waals surface area contributed by atoms with Crippen LogP contribution in [0.5, 0.6) is 0 Å². The summed E-state index contributed by atoms with van der Waals surface area (Å²) in [6.07, 6.45) is -2.18. The Kier molecular flexibility index (Phi) is 6.24. The van der Waals surface area contributed by atoms with E-state index in [1.165, 1.54) is 37.5 Å². The van der Waals surface area contributed by atoms with Crippen LogP contribution in [-0.4, -0.2) is 47.3 Å². The summed E-state index contributed by atoms with van der Waals surface area (Å²) in [5.74, 6) is -1.34. The van der Waals surface area contributed by atoms with E-state index in [0.29, 0.717) is 0 Å². The fraction of sp³-hybridized carbons (Fsp3) is 0.222. The lowest BCUT2D eigenvalue weighted by Crippen LogP contribution is -2.29. The highest BCUT2D eigenvalue weighted by Crippen LogP contribution is 2.34. The van der Waals surface area contributed by atoms with Gasteiger partial charge >= 0.3 is 6.18 Å². The summed E-state index contributed by atoms with van der Waals surface area (Å²) in [5.41, 5.74) is 0.295. The number of hydrogen-bond donors (Lipinski definition) is 0. The van der Waals surface area contributed by atoms with Gasteiger partial charge in [-0.2, -0.15) is 18.4 Å². The molecular weight excluding hydrogens is 469 g/mol. The summed E-state index contributed by atoms with van der Waals surface area (Å²) >= 11 is 0.134. The molecule has 0 unspecified atom stereocenters. The average molecular weight is 482 g/mol. The molecule has 3 aromatic rings. The molecule has 0 N–H and O–H groups in total. The molecule has 1 amide bonds. The van der Waals surface area contributed by atoms with Crippen LogP contribution < -0.4 is 4.90 Å². The van der Waals surface area contributed by atoms with Gasteiger partial charge in [0.2, 0.25) is 10.1 Å². The van der Waals surface area contributed by atoms with Crippen molar-refractivity contribution in [2.45, 2.75) is 18.0 Å². The van der Waals surface area contributed by atoms with Gasteiger partial charge in [-0.05, 0) is 18.2 Å². The molecule has 166 valence electrons. The van der Waals surface area contributed by atoms with Gasteiger partial charge in [0, 0.05) is 25.0 Å². The minimum Gasteiger partial charge on any atom is -0.284 e. The van der Waals surface area contributed by atoms with Gasteiger partial charge < -0.3 is 0 Å². The third-order valence-corrected chi connectivity index (χ3v) is 6.99. The van der Waals surface area contributed by atoms with Crippen LogP contribution in [0.1, 0.15) is 28.0 Å². The number of nitriles is 1. The summed E-state index contributed by atoms with van der Waals surface area (Å²) in [4.78, 5) is 21.3. The number of carbonyl (C=O) groups is 1. The van der Waals surface area contributed by atoms with Crippen LogP contribution >= 0.6 is 11.3 Å². The van der Waals surface area contributed by atoms with Gasteiger partial charge in [0.15, 0.2) is 9.84 Å². The van der Waals surface area contributed by atoms with Crippen molar-refractivity contribution in [1.29, 1.82) is 5.26 Å². The summed E-state index contributed by atoms with van der Waals surface area (Å²) in [5, 5.41) is 13.8. The highest BCUT2D eigenvalue weighted by Gasteiger charge is 2.37. The van der Waals surface area contributed by atoms with E-state index in [1.807, 2.05) is 6.07 Å². The largest absolute Gasteiger partial charge is 0.445 e. The molecule has 0 atom stereocenters. The molecule has 3 rings (SSSR count). The van der Waals surface area contributed by atoms with Gasteiger partial charge in [-0.15, -0.1) is 10.2 Å². The van der Waals surface area contributed by atoms with Crippen molar-refractivity contribution in [3.05, 3.63) is 46.9 Å². The lowest BCUT2D eigenvalue weighted by molar-refractivity contribution is -0.138. The molecule has 0 aromatic carbocycles. The SMILES string of the molecule is CCS(=O)(=O)c1cc(-c2cc(C#N)ccn2)cnc1C(=O)N(C)c1nnc(C(F)(F)F)s1. The zero-order valence-electron chi connectivity index (χ0n) is 16.5. The number of amides is 1. The van der Waals surface area contributed by atoms with Gasteiger partial charge in [-0.3, -0.25) is 14.7 Å². The van der Waals surface area contributed by atoms with E-state index in [9.17, 15) is 26.4 Å². The minimum atomic E-state index is -4.73. The predicted octanol–water partition coefficient (Wildman–Crippen LogP) is 2.96. The topological polar surface area (TPSA) is 130 Å². The van der Waals surface area contributed by atoms with Gasteiger partial charge in [-0.25, -0.2) is 13.4 Å². The zero-order valence-corrected chi connectivity index (χ0v) is 18.1. The third-order valence-electron chi connectivity index (χ3n) is 4.20. The summed E-state index contributed by atoms with van der Waals surface area (Å²) in [6, 6.07) is 6.02. The quantitative estimate of drug-likeness (QED) is 0.543. The molecule has 9 nitrogen and oxygen atoms in total. The Morgan fingerprint density at radius 2 is 1.97 bits per heavy atom. The molecule has 0 saturated carbocycles. The van der Waals surface area contributed by atoms with Crippen molar-refractivity contribution in [2.24, 2.45) is 0 Å². The molecule has 32 heavy (non-hydrogen) atoms. The molecule has 0 aliphatic rings. The maximum Gasteiger partial charge on any atom is 0.445 e. The lowest BCUT2D eigenvalue weighted by Gasteiger charge is -2.16. The highest BCUT2D eigenvalue weighted by molar-refractivity contribution is 7.91. The van der Waals surface area contributed by atoms with E-state index in [0.717, 1.165) is 11.9 Å². The van der Waals surface area contributed by atoms with Crippen molar-refractivity contribution < 1.29 is 26.4 Å². The second-order valence-electron chi connectivity index (χ2n) is 6.27. The number of rotatable bonds is 5. The molecule has 3 heterocycles. The van der Waals surface area contributed by atoms with Crippen molar-refractivity contribution >= 4 is 32.2 Å². The van der Waals surface area contributed by atoms with Crippen LogP contribution in [-0.2, 0) is 16.0 Å². The Morgan fingerprint density at radius 3 is 2.56 bits per heavy atom. The first-order valence-electron chi connectivity index (χ1n) is 8.76. The number of nitrogens with zero attached hydrogens (tertiary/aromatic N) is 6. The Balaban J connectivity index is 2.08. The van der Waals surface area contributed by atoms with Gasteiger partial charge in [0.25, 0.3) is 5.91 Å².